The Kier molecular flexibility index (Phi) is 4.99. The van der Waals surface area contributed by atoms with Crippen LogP contribution in [0.5, 0.6) is 0 Å². The molecule has 0 spiro atoms. The van der Waals surface area contributed by atoms with Crippen molar-refractivity contribution in [1.82, 2.24) is 19.9 Å². The summed E-state index contributed by atoms with van der Waals surface area (Å²) in [6, 6.07) is 18.8. The Hall–Kier alpha value is -3.32. The molecule has 0 saturated carbocycles. The van der Waals surface area contributed by atoms with Gasteiger partial charge in [0.2, 0.25) is 10.9 Å². The first-order valence-electron chi connectivity index (χ1n) is 8.86. The van der Waals surface area contributed by atoms with Gasteiger partial charge in [0, 0.05) is 11.6 Å². The lowest BCUT2D eigenvalue weighted by Gasteiger charge is -2.04. The SMILES string of the molecule is Cc1ccccc1-c1nn2c(=O)cc(CNC(=O)Cc3ccccc3)nc2s1. The fraction of sp³-hybridized carbons (Fsp3) is 0.143. The molecular formula is C21H18N4O2S. The van der Waals surface area contributed by atoms with Gasteiger partial charge in [-0.25, -0.2) is 4.98 Å². The van der Waals surface area contributed by atoms with E-state index in [1.165, 1.54) is 21.9 Å². The van der Waals surface area contributed by atoms with Crippen molar-refractivity contribution in [3.8, 4) is 10.6 Å². The van der Waals surface area contributed by atoms with Crippen LogP contribution in [0.3, 0.4) is 0 Å². The molecule has 0 fully saturated rings. The maximum absolute atomic E-state index is 12.4. The van der Waals surface area contributed by atoms with Crippen molar-refractivity contribution >= 4 is 22.2 Å². The first kappa shape index (κ1) is 18.1. The molecule has 6 nitrogen and oxygen atoms in total. The lowest BCUT2D eigenvalue weighted by Crippen LogP contribution is -2.26. The Balaban J connectivity index is 1.53. The lowest BCUT2D eigenvalue weighted by atomic mass is 10.1. The first-order chi connectivity index (χ1) is 13.6. The standard InChI is InChI=1S/C21H18N4O2S/c1-14-7-5-6-10-17(14)20-24-25-19(27)12-16(23-21(25)28-20)13-22-18(26)11-15-8-3-2-4-9-15/h2-10,12H,11,13H2,1H3,(H,22,26). The van der Waals surface area contributed by atoms with Crippen molar-refractivity contribution in [2.75, 3.05) is 0 Å². The molecule has 0 aliphatic rings. The van der Waals surface area contributed by atoms with E-state index in [9.17, 15) is 9.59 Å². The summed E-state index contributed by atoms with van der Waals surface area (Å²) in [5, 5.41) is 7.97. The number of aromatic nitrogens is 3. The van der Waals surface area contributed by atoms with E-state index in [1.54, 1.807) is 0 Å². The molecule has 4 aromatic rings. The molecule has 1 amide bonds. The van der Waals surface area contributed by atoms with Crippen LogP contribution in [0.2, 0.25) is 0 Å². The van der Waals surface area contributed by atoms with E-state index in [4.69, 9.17) is 0 Å². The van der Waals surface area contributed by atoms with Crippen molar-refractivity contribution in [2.24, 2.45) is 0 Å². The van der Waals surface area contributed by atoms with Gasteiger partial charge < -0.3 is 5.32 Å². The zero-order valence-electron chi connectivity index (χ0n) is 15.3. The Morgan fingerprint density at radius 2 is 1.86 bits per heavy atom. The molecule has 2 aromatic carbocycles. The molecule has 0 aliphatic heterocycles. The number of carbonyl (C=O) groups is 1. The molecule has 2 heterocycles. The van der Waals surface area contributed by atoms with Crippen LogP contribution in [0.4, 0.5) is 0 Å². The van der Waals surface area contributed by atoms with E-state index < -0.39 is 0 Å². The minimum absolute atomic E-state index is 0.113. The Labute approximate surface area is 165 Å². The van der Waals surface area contributed by atoms with Gasteiger partial charge in [-0.2, -0.15) is 9.61 Å². The summed E-state index contributed by atoms with van der Waals surface area (Å²) in [7, 11) is 0. The molecule has 0 atom stereocenters. The highest BCUT2D eigenvalue weighted by molar-refractivity contribution is 7.19. The van der Waals surface area contributed by atoms with E-state index in [0.717, 1.165) is 21.7 Å². The Morgan fingerprint density at radius 3 is 2.64 bits per heavy atom. The van der Waals surface area contributed by atoms with E-state index in [1.807, 2.05) is 61.5 Å². The van der Waals surface area contributed by atoms with Gasteiger partial charge >= 0.3 is 0 Å². The van der Waals surface area contributed by atoms with Gasteiger partial charge in [0.1, 0.15) is 5.01 Å². The second-order valence-electron chi connectivity index (χ2n) is 6.44. The Morgan fingerprint density at radius 1 is 1.11 bits per heavy atom. The van der Waals surface area contributed by atoms with Crippen LogP contribution < -0.4 is 10.9 Å². The number of rotatable bonds is 5. The first-order valence-corrected chi connectivity index (χ1v) is 9.68. The molecule has 140 valence electrons. The summed E-state index contributed by atoms with van der Waals surface area (Å²) in [5.41, 5.74) is 3.27. The second kappa shape index (κ2) is 7.74. The number of aryl methyl sites for hydroxylation is 1. The van der Waals surface area contributed by atoms with Gasteiger partial charge in [-0.3, -0.25) is 9.59 Å². The number of nitrogens with zero attached hydrogens (tertiary/aromatic N) is 3. The summed E-state index contributed by atoms with van der Waals surface area (Å²) >= 11 is 1.36. The maximum Gasteiger partial charge on any atom is 0.275 e. The molecule has 0 unspecified atom stereocenters. The van der Waals surface area contributed by atoms with Crippen LogP contribution in [-0.4, -0.2) is 20.5 Å². The summed E-state index contributed by atoms with van der Waals surface area (Å²) in [4.78, 5) is 29.6. The van der Waals surface area contributed by atoms with Crippen molar-refractivity contribution in [3.05, 3.63) is 87.8 Å². The zero-order valence-corrected chi connectivity index (χ0v) is 16.1. The minimum atomic E-state index is -0.256. The van der Waals surface area contributed by atoms with E-state index >= 15 is 0 Å². The van der Waals surface area contributed by atoms with E-state index in [-0.39, 0.29) is 18.0 Å². The summed E-state index contributed by atoms with van der Waals surface area (Å²) < 4.78 is 1.31. The molecule has 28 heavy (non-hydrogen) atoms. The lowest BCUT2D eigenvalue weighted by molar-refractivity contribution is -0.120. The molecule has 0 radical (unpaired) electrons. The predicted molar refractivity (Wildman–Crippen MR) is 109 cm³/mol. The second-order valence-corrected chi connectivity index (χ2v) is 7.40. The molecule has 7 heteroatoms. The van der Waals surface area contributed by atoms with Crippen LogP contribution >= 0.6 is 11.3 Å². The molecule has 2 aromatic heterocycles. The number of amides is 1. The third kappa shape index (κ3) is 3.84. The number of carbonyl (C=O) groups excluding carboxylic acids is 1. The monoisotopic (exact) mass is 390 g/mol. The largest absolute Gasteiger partial charge is 0.350 e. The van der Waals surface area contributed by atoms with Gasteiger partial charge in [-0.05, 0) is 18.1 Å². The average Bonchev–Trinajstić information content (AvgIpc) is 3.12. The molecule has 0 saturated heterocycles. The van der Waals surface area contributed by atoms with Gasteiger partial charge in [-0.1, -0.05) is 65.9 Å². The van der Waals surface area contributed by atoms with E-state index in [0.29, 0.717) is 17.1 Å². The number of fused-ring (bicyclic) bond motifs is 1. The van der Waals surface area contributed by atoms with Crippen LogP contribution in [0, 0.1) is 6.92 Å². The van der Waals surface area contributed by atoms with Crippen molar-refractivity contribution in [2.45, 2.75) is 19.9 Å². The highest BCUT2D eigenvalue weighted by atomic mass is 32.1. The van der Waals surface area contributed by atoms with E-state index in [2.05, 4.69) is 15.4 Å². The molecular weight excluding hydrogens is 372 g/mol. The minimum Gasteiger partial charge on any atom is -0.350 e. The highest BCUT2D eigenvalue weighted by Gasteiger charge is 2.12. The summed E-state index contributed by atoms with van der Waals surface area (Å²) in [6.45, 7) is 2.21. The third-order valence-electron chi connectivity index (χ3n) is 4.35. The fourth-order valence-electron chi connectivity index (χ4n) is 2.90. The number of hydrogen-bond donors (Lipinski definition) is 1. The predicted octanol–water partition coefficient (Wildman–Crippen LogP) is 2.99. The van der Waals surface area contributed by atoms with Crippen LogP contribution in [0.25, 0.3) is 15.5 Å². The zero-order chi connectivity index (χ0) is 19.5. The topological polar surface area (TPSA) is 76.4 Å². The number of benzene rings is 2. The van der Waals surface area contributed by atoms with Crippen LogP contribution in [-0.2, 0) is 17.8 Å². The Bertz CT molecular complexity index is 1200. The molecule has 0 aliphatic carbocycles. The number of hydrogen-bond acceptors (Lipinski definition) is 5. The van der Waals surface area contributed by atoms with Crippen molar-refractivity contribution < 1.29 is 4.79 Å². The molecule has 4 rings (SSSR count). The van der Waals surface area contributed by atoms with Gasteiger partial charge in [0.25, 0.3) is 5.56 Å². The normalized spacial score (nSPS) is 10.9. The highest BCUT2D eigenvalue weighted by Crippen LogP contribution is 2.26. The summed E-state index contributed by atoms with van der Waals surface area (Å²) in [5.74, 6) is -0.113. The summed E-state index contributed by atoms with van der Waals surface area (Å²) in [6.07, 6.45) is 0.292. The van der Waals surface area contributed by atoms with Gasteiger partial charge in [-0.15, -0.1) is 0 Å². The fourth-order valence-corrected chi connectivity index (χ4v) is 3.92. The quantitative estimate of drug-likeness (QED) is 0.568. The smallest absolute Gasteiger partial charge is 0.275 e. The molecule has 1 N–H and O–H groups in total. The maximum atomic E-state index is 12.4. The number of nitrogens with one attached hydrogen (secondary N) is 1. The van der Waals surface area contributed by atoms with Crippen LogP contribution in [0.15, 0.2) is 65.5 Å². The van der Waals surface area contributed by atoms with Gasteiger partial charge in [0.05, 0.1) is 18.7 Å². The third-order valence-corrected chi connectivity index (χ3v) is 5.29. The van der Waals surface area contributed by atoms with Crippen molar-refractivity contribution in [1.29, 1.82) is 0 Å². The van der Waals surface area contributed by atoms with Gasteiger partial charge in [0.15, 0.2) is 0 Å². The van der Waals surface area contributed by atoms with Crippen molar-refractivity contribution in [3.63, 3.8) is 0 Å². The molecule has 0 bridgehead atoms. The van der Waals surface area contributed by atoms with Crippen LogP contribution in [0.1, 0.15) is 16.8 Å². The average molecular weight is 390 g/mol.